The lowest BCUT2D eigenvalue weighted by atomic mass is 10.1. The molecule has 24 heavy (non-hydrogen) atoms. The van der Waals surface area contributed by atoms with Gasteiger partial charge in [0.15, 0.2) is 0 Å². The van der Waals surface area contributed by atoms with Crippen LogP contribution in [0, 0.1) is 0 Å². The molecule has 0 aliphatic heterocycles. The molecule has 5 heteroatoms. The summed E-state index contributed by atoms with van der Waals surface area (Å²) in [7, 11) is 4.12. The number of halogens is 3. The fraction of sp³-hybridized carbons (Fsp3) is 0.368. The maximum absolute atomic E-state index is 13.2. The standard InChI is InChI=1S/C19H23F3N2/c1-23(2)12-13-24(14-16-8-4-3-5-9-16)15-17-10-6-7-11-18(17)19(20,21)22/h3-11H,12-15H2,1-2H3/p+2. The van der Waals surface area contributed by atoms with E-state index in [0.717, 1.165) is 30.1 Å². The van der Waals surface area contributed by atoms with Crippen LogP contribution in [0.15, 0.2) is 54.6 Å². The quantitative estimate of drug-likeness (QED) is 0.756. The summed E-state index contributed by atoms with van der Waals surface area (Å²) in [5, 5.41) is 0. The Balaban J connectivity index is 2.19. The van der Waals surface area contributed by atoms with Crippen molar-refractivity contribution in [2.75, 3.05) is 27.2 Å². The van der Waals surface area contributed by atoms with Gasteiger partial charge in [-0.05, 0) is 6.07 Å². The van der Waals surface area contributed by atoms with Gasteiger partial charge in [-0.1, -0.05) is 48.5 Å². The van der Waals surface area contributed by atoms with E-state index >= 15 is 0 Å². The molecule has 2 nitrogen and oxygen atoms in total. The molecule has 0 spiro atoms. The molecule has 130 valence electrons. The van der Waals surface area contributed by atoms with Crippen LogP contribution in [0.2, 0.25) is 0 Å². The van der Waals surface area contributed by atoms with Crippen LogP contribution in [0.3, 0.4) is 0 Å². The lowest BCUT2D eigenvalue weighted by Gasteiger charge is -2.22. The molecule has 2 rings (SSSR count). The minimum Gasteiger partial charge on any atom is -0.335 e. The van der Waals surface area contributed by atoms with Gasteiger partial charge in [-0.15, -0.1) is 0 Å². The summed E-state index contributed by atoms with van der Waals surface area (Å²) in [6, 6.07) is 15.8. The summed E-state index contributed by atoms with van der Waals surface area (Å²) < 4.78 is 39.7. The first-order valence-corrected chi connectivity index (χ1v) is 8.18. The molecule has 0 fully saturated rings. The van der Waals surface area contributed by atoms with Gasteiger partial charge in [-0.25, -0.2) is 0 Å². The fourth-order valence-electron chi connectivity index (χ4n) is 2.77. The van der Waals surface area contributed by atoms with E-state index < -0.39 is 11.7 Å². The highest BCUT2D eigenvalue weighted by Gasteiger charge is 2.33. The van der Waals surface area contributed by atoms with Crippen molar-refractivity contribution in [3.8, 4) is 0 Å². The molecule has 0 amide bonds. The SMILES string of the molecule is C[NH+](C)CC[NH+](Cc1ccccc1)Cc1ccccc1C(F)(F)F. The summed E-state index contributed by atoms with van der Waals surface area (Å²) in [4.78, 5) is 2.43. The van der Waals surface area contributed by atoms with Crippen molar-refractivity contribution >= 4 is 0 Å². The van der Waals surface area contributed by atoms with Crippen LogP contribution in [-0.2, 0) is 19.3 Å². The largest absolute Gasteiger partial charge is 0.416 e. The summed E-state index contributed by atoms with van der Waals surface area (Å²) in [6.45, 7) is 2.83. The highest BCUT2D eigenvalue weighted by molar-refractivity contribution is 5.28. The number of hydrogen-bond donors (Lipinski definition) is 2. The summed E-state index contributed by atoms with van der Waals surface area (Å²) in [5.74, 6) is 0. The Bertz CT molecular complexity index is 624. The molecule has 0 bridgehead atoms. The second kappa shape index (κ2) is 8.31. The lowest BCUT2D eigenvalue weighted by Crippen LogP contribution is -3.16. The molecule has 0 heterocycles. The summed E-state index contributed by atoms with van der Waals surface area (Å²) in [5.41, 5.74) is 0.989. The van der Waals surface area contributed by atoms with Gasteiger partial charge in [0.05, 0.1) is 19.7 Å². The normalized spacial score (nSPS) is 13.2. The highest BCUT2D eigenvalue weighted by Crippen LogP contribution is 2.31. The Labute approximate surface area is 141 Å². The summed E-state index contributed by atoms with van der Waals surface area (Å²) in [6.07, 6.45) is -4.30. The van der Waals surface area contributed by atoms with Crippen molar-refractivity contribution in [2.24, 2.45) is 0 Å². The number of likely N-dealkylation sites (N-methyl/N-ethyl adjacent to an activating group) is 1. The van der Waals surface area contributed by atoms with Crippen molar-refractivity contribution in [3.63, 3.8) is 0 Å². The van der Waals surface area contributed by atoms with Gasteiger partial charge in [-0.3, -0.25) is 0 Å². The first-order chi connectivity index (χ1) is 11.4. The molecule has 0 saturated carbocycles. The molecular weight excluding hydrogens is 313 g/mol. The van der Waals surface area contributed by atoms with Crippen molar-refractivity contribution < 1.29 is 23.0 Å². The van der Waals surface area contributed by atoms with Gasteiger partial charge in [0, 0.05) is 11.1 Å². The van der Waals surface area contributed by atoms with Crippen LogP contribution in [0.1, 0.15) is 16.7 Å². The summed E-state index contributed by atoms with van der Waals surface area (Å²) >= 11 is 0. The van der Waals surface area contributed by atoms with Gasteiger partial charge < -0.3 is 9.80 Å². The Kier molecular flexibility index (Phi) is 6.40. The lowest BCUT2D eigenvalue weighted by molar-refractivity contribution is -0.960. The number of quaternary nitrogens is 2. The average molecular weight is 338 g/mol. The smallest absolute Gasteiger partial charge is 0.335 e. The van der Waals surface area contributed by atoms with Crippen molar-refractivity contribution in [1.82, 2.24) is 0 Å². The minimum atomic E-state index is -4.30. The molecule has 0 radical (unpaired) electrons. The number of rotatable bonds is 7. The molecule has 0 aliphatic carbocycles. The highest BCUT2D eigenvalue weighted by atomic mass is 19.4. The molecular formula is C19H25F3N2+2. The molecule has 2 N–H and O–H groups in total. The van der Waals surface area contributed by atoms with Crippen LogP contribution in [0.5, 0.6) is 0 Å². The molecule has 1 unspecified atom stereocenters. The Morgan fingerprint density at radius 3 is 2.04 bits per heavy atom. The van der Waals surface area contributed by atoms with Crippen LogP contribution in [0.4, 0.5) is 13.2 Å². The molecule has 2 aromatic carbocycles. The van der Waals surface area contributed by atoms with Crippen LogP contribution in [-0.4, -0.2) is 27.2 Å². The topological polar surface area (TPSA) is 8.88 Å². The number of benzene rings is 2. The van der Waals surface area contributed by atoms with E-state index in [4.69, 9.17) is 0 Å². The van der Waals surface area contributed by atoms with Crippen molar-refractivity contribution in [2.45, 2.75) is 19.3 Å². The molecule has 0 aliphatic rings. The van der Waals surface area contributed by atoms with E-state index in [1.165, 1.54) is 17.0 Å². The maximum atomic E-state index is 13.2. The third-order valence-corrected chi connectivity index (χ3v) is 4.04. The maximum Gasteiger partial charge on any atom is 0.416 e. The Hall–Kier alpha value is -1.85. The predicted molar refractivity (Wildman–Crippen MR) is 88.8 cm³/mol. The van der Waals surface area contributed by atoms with Gasteiger partial charge in [0.2, 0.25) is 0 Å². The van der Waals surface area contributed by atoms with E-state index in [0.29, 0.717) is 12.1 Å². The van der Waals surface area contributed by atoms with E-state index in [9.17, 15) is 13.2 Å². The Morgan fingerprint density at radius 1 is 0.792 bits per heavy atom. The van der Waals surface area contributed by atoms with Crippen molar-refractivity contribution in [3.05, 3.63) is 71.3 Å². The zero-order chi connectivity index (χ0) is 17.6. The Morgan fingerprint density at radius 2 is 1.42 bits per heavy atom. The first kappa shape index (κ1) is 18.5. The van der Waals surface area contributed by atoms with Crippen molar-refractivity contribution in [1.29, 1.82) is 0 Å². The number of nitrogens with one attached hydrogen (secondary N) is 2. The third-order valence-electron chi connectivity index (χ3n) is 4.04. The van der Waals surface area contributed by atoms with Crippen LogP contribution in [0.25, 0.3) is 0 Å². The van der Waals surface area contributed by atoms with E-state index in [1.54, 1.807) is 12.1 Å². The van der Waals surface area contributed by atoms with Crippen LogP contribution < -0.4 is 9.80 Å². The molecule has 1 atom stereocenters. The van der Waals surface area contributed by atoms with Gasteiger partial charge in [0.25, 0.3) is 0 Å². The third kappa shape index (κ3) is 5.65. The molecule has 2 aromatic rings. The van der Waals surface area contributed by atoms with Crippen LogP contribution >= 0.6 is 0 Å². The second-order valence-electron chi connectivity index (χ2n) is 6.45. The van der Waals surface area contributed by atoms with Gasteiger partial charge in [-0.2, -0.15) is 13.2 Å². The second-order valence-corrected chi connectivity index (χ2v) is 6.45. The number of alkyl halides is 3. The average Bonchev–Trinajstić information content (AvgIpc) is 2.53. The fourth-order valence-corrected chi connectivity index (χ4v) is 2.77. The van der Waals surface area contributed by atoms with E-state index in [1.807, 2.05) is 30.3 Å². The van der Waals surface area contributed by atoms with Gasteiger partial charge in [0.1, 0.15) is 26.2 Å². The minimum absolute atomic E-state index is 0.365. The monoisotopic (exact) mass is 338 g/mol. The van der Waals surface area contributed by atoms with E-state index in [2.05, 4.69) is 14.1 Å². The number of hydrogen-bond acceptors (Lipinski definition) is 0. The van der Waals surface area contributed by atoms with Gasteiger partial charge >= 0.3 is 6.18 Å². The molecule has 0 aromatic heterocycles. The predicted octanol–water partition coefficient (Wildman–Crippen LogP) is 1.44. The first-order valence-electron chi connectivity index (χ1n) is 8.18. The van der Waals surface area contributed by atoms with E-state index in [-0.39, 0.29) is 0 Å². The zero-order valence-corrected chi connectivity index (χ0v) is 14.2. The zero-order valence-electron chi connectivity index (χ0n) is 14.2. The molecule has 0 saturated heterocycles.